The van der Waals surface area contributed by atoms with E-state index in [0.29, 0.717) is 26.2 Å². The normalized spacial score (nSPS) is 28.1. The van der Waals surface area contributed by atoms with Gasteiger partial charge in [0.15, 0.2) is 0 Å². The first-order chi connectivity index (χ1) is 9.49. The summed E-state index contributed by atoms with van der Waals surface area (Å²) in [6.07, 6.45) is 2.20. The third-order valence-electron chi connectivity index (χ3n) is 4.52. The molecule has 0 bridgehead atoms. The van der Waals surface area contributed by atoms with Gasteiger partial charge in [0.1, 0.15) is 0 Å². The molecule has 20 heavy (non-hydrogen) atoms. The Labute approximate surface area is 128 Å². The number of amides is 2. The fraction of sp³-hybridized carbons (Fsp3) is 0.786. The molecule has 1 saturated carbocycles. The molecule has 2 fully saturated rings. The summed E-state index contributed by atoms with van der Waals surface area (Å²) in [4.78, 5) is 13.8. The quantitative estimate of drug-likeness (QED) is 0.816. The molecule has 2 aliphatic rings. The second-order valence-corrected chi connectivity index (χ2v) is 6.71. The molecule has 2 rings (SSSR count). The van der Waals surface area contributed by atoms with Crippen molar-refractivity contribution in [2.24, 2.45) is 5.41 Å². The van der Waals surface area contributed by atoms with Crippen LogP contribution in [0.25, 0.3) is 0 Å². The van der Waals surface area contributed by atoms with Crippen molar-refractivity contribution >= 4 is 22.0 Å². The number of urea groups is 1. The summed E-state index contributed by atoms with van der Waals surface area (Å²) in [6, 6.07) is -0.0674. The van der Waals surface area contributed by atoms with Gasteiger partial charge in [-0.3, -0.25) is 0 Å². The van der Waals surface area contributed by atoms with E-state index in [1.807, 2.05) is 6.92 Å². The SMILES string of the molecule is C=C(Br)CNC(=O)N1CCC2(CC1)[C@H](O)C[C@H]2OCC. The lowest BCUT2D eigenvalue weighted by Gasteiger charge is -2.56. The van der Waals surface area contributed by atoms with Crippen molar-refractivity contribution in [2.75, 3.05) is 26.2 Å². The van der Waals surface area contributed by atoms with Crippen molar-refractivity contribution in [3.63, 3.8) is 0 Å². The highest BCUT2D eigenvalue weighted by molar-refractivity contribution is 9.11. The minimum absolute atomic E-state index is 0.0674. The van der Waals surface area contributed by atoms with Gasteiger partial charge in [0, 0.05) is 36.0 Å². The smallest absolute Gasteiger partial charge is 0.317 e. The molecule has 114 valence electrons. The number of rotatable bonds is 4. The van der Waals surface area contributed by atoms with Crippen LogP contribution < -0.4 is 5.32 Å². The molecule has 0 unspecified atom stereocenters. The highest BCUT2D eigenvalue weighted by atomic mass is 79.9. The Kier molecular flexibility index (Phi) is 5.09. The maximum atomic E-state index is 12.0. The second-order valence-electron chi connectivity index (χ2n) is 5.59. The van der Waals surface area contributed by atoms with Crippen LogP contribution in [0.1, 0.15) is 26.2 Å². The van der Waals surface area contributed by atoms with Gasteiger partial charge in [-0.2, -0.15) is 0 Å². The molecular formula is C14H23BrN2O3. The van der Waals surface area contributed by atoms with E-state index < -0.39 is 0 Å². The molecule has 2 N–H and O–H groups in total. The molecule has 0 aromatic rings. The molecular weight excluding hydrogens is 324 g/mol. The molecule has 1 spiro atoms. The van der Waals surface area contributed by atoms with E-state index in [9.17, 15) is 9.90 Å². The highest BCUT2D eigenvalue weighted by Crippen LogP contribution is 2.50. The zero-order chi connectivity index (χ0) is 14.8. The first-order valence-electron chi connectivity index (χ1n) is 7.15. The van der Waals surface area contributed by atoms with E-state index >= 15 is 0 Å². The monoisotopic (exact) mass is 346 g/mol. The van der Waals surface area contributed by atoms with Crippen LogP contribution in [0.4, 0.5) is 4.79 Å². The molecule has 2 amide bonds. The summed E-state index contributed by atoms with van der Waals surface area (Å²) in [5.41, 5.74) is -0.133. The van der Waals surface area contributed by atoms with Gasteiger partial charge in [0.05, 0.1) is 18.8 Å². The van der Waals surface area contributed by atoms with E-state index in [2.05, 4.69) is 27.8 Å². The van der Waals surface area contributed by atoms with Crippen molar-refractivity contribution in [1.82, 2.24) is 10.2 Å². The standard InChI is InChI=1S/C14H23BrN2O3/c1-3-20-12-8-11(18)14(12)4-6-17(7-5-14)13(19)16-9-10(2)15/h11-12,18H,2-9H2,1H3,(H,16,19)/t11-,12-/m1/s1. The van der Waals surface area contributed by atoms with Crippen LogP contribution >= 0.6 is 15.9 Å². The Balaban J connectivity index is 1.85. The number of aliphatic hydroxyl groups excluding tert-OH is 1. The van der Waals surface area contributed by atoms with Crippen LogP contribution in [0.3, 0.4) is 0 Å². The average molecular weight is 347 g/mol. The molecule has 0 radical (unpaired) electrons. The summed E-state index contributed by atoms with van der Waals surface area (Å²) < 4.78 is 6.47. The topological polar surface area (TPSA) is 61.8 Å². The van der Waals surface area contributed by atoms with Gasteiger partial charge in [-0.1, -0.05) is 22.5 Å². The number of carbonyl (C=O) groups is 1. The van der Waals surface area contributed by atoms with Gasteiger partial charge in [0.25, 0.3) is 0 Å². The van der Waals surface area contributed by atoms with E-state index in [1.165, 1.54) is 0 Å². The maximum absolute atomic E-state index is 12.0. The molecule has 1 aliphatic carbocycles. The van der Waals surface area contributed by atoms with Crippen LogP contribution in [-0.2, 0) is 4.74 Å². The number of ether oxygens (including phenoxy) is 1. The van der Waals surface area contributed by atoms with Gasteiger partial charge in [-0.05, 0) is 19.8 Å². The van der Waals surface area contributed by atoms with E-state index in [4.69, 9.17) is 4.74 Å². The van der Waals surface area contributed by atoms with Gasteiger partial charge in [-0.25, -0.2) is 4.79 Å². The average Bonchev–Trinajstić information content (AvgIpc) is 2.44. The first-order valence-corrected chi connectivity index (χ1v) is 7.94. The molecule has 0 aromatic carbocycles. The first kappa shape index (κ1) is 15.8. The summed E-state index contributed by atoms with van der Waals surface area (Å²) in [6.45, 7) is 8.12. The third-order valence-corrected chi connectivity index (χ3v) is 4.80. The summed E-state index contributed by atoms with van der Waals surface area (Å²) in [5.74, 6) is 0. The van der Waals surface area contributed by atoms with Crippen molar-refractivity contribution in [1.29, 1.82) is 0 Å². The lowest BCUT2D eigenvalue weighted by Crippen LogP contribution is -2.63. The predicted octanol–water partition coefficient (Wildman–Crippen LogP) is 1.86. The number of nitrogens with one attached hydrogen (secondary N) is 1. The summed E-state index contributed by atoms with van der Waals surface area (Å²) in [7, 11) is 0. The zero-order valence-corrected chi connectivity index (χ0v) is 13.5. The van der Waals surface area contributed by atoms with Crippen LogP contribution in [-0.4, -0.2) is 54.5 Å². The second kappa shape index (κ2) is 6.45. The van der Waals surface area contributed by atoms with Crippen molar-refractivity contribution in [2.45, 2.75) is 38.4 Å². The summed E-state index contributed by atoms with van der Waals surface area (Å²) >= 11 is 3.22. The fourth-order valence-electron chi connectivity index (χ4n) is 3.23. The number of hydrogen-bond donors (Lipinski definition) is 2. The minimum atomic E-state index is -0.286. The Morgan fingerprint density at radius 3 is 2.70 bits per heavy atom. The van der Waals surface area contributed by atoms with E-state index in [-0.39, 0.29) is 23.7 Å². The molecule has 1 aliphatic heterocycles. The van der Waals surface area contributed by atoms with E-state index in [0.717, 1.165) is 23.7 Å². The lowest BCUT2D eigenvalue weighted by molar-refractivity contribution is -0.207. The molecule has 1 heterocycles. The molecule has 1 saturated heterocycles. The van der Waals surface area contributed by atoms with Crippen molar-refractivity contribution < 1.29 is 14.6 Å². The fourth-order valence-corrected chi connectivity index (χ4v) is 3.37. The number of aliphatic hydroxyl groups is 1. The number of halogens is 1. The Bertz CT molecular complexity index is 379. The van der Waals surface area contributed by atoms with Crippen LogP contribution in [0.15, 0.2) is 11.1 Å². The van der Waals surface area contributed by atoms with Crippen LogP contribution in [0.2, 0.25) is 0 Å². The third kappa shape index (κ3) is 3.02. The largest absolute Gasteiger partial charge is 0.392 e. The van der Waals surface area contributed by atoms with Gasteiger partial charge in [-0.15, -0.1) is 0 Å². The highest BCUT2D eigenvalue weighted by Gasteiger charge is 2.56. The van der Waals surface area contributed by atoms with Crippen LogP contribution in [0, 0.1) is 5.41 Å². The molecule has 6 heteroatoms. The Morgan fingerprint density at radius 1 is 1.55 bits per heavy atom. The molecule has 2 atom stereocenters. The van der Waals surface area contributed by atoms with E-state index in [1.54, 1.807) is 4.90 Å². The number of carbonyl (C=O) groups excluding carboxylic acids is 1. The number of piperidine rings is 1. The Morgan fingerprint density at radius 2 is 2.20 bits per heavy atom. The zero-order valence-electron chi connectivity index (χ0n) is 11.9. The van der Waals surface area contributed by atoms with Gasteiger partial charge >= 0.3 is 6.03 Å². The van der Waals surface area contributed by atoms with Crippen molar-refractivity contribution in [3.05, 3.63) is 11.1 Å². The number of nitrogens with zero attached hydrogens (tertiary/aromatic N) is 1. The Hall–Kier alpha value is -0.590. The number of hydrogen-bond acceptors (Lipinski definition) is 3. The minimum Gasteiger partial charge on any atom is -0.392 e. The van der Waals surface area contributed by atoms with Gasteiger partial charge < -0.3 is 20.1 Å². The maximum Gasteiger partial charge on any atom is 0.317 e. The molecule has 0 aromatic heterocycles. The van der Waals surface area contributed by atoms with Gasteiger partial charge in [0.2, 0.25) is 0 Å². The van der Waals surface area contributed by atoms with Crippen molar-refractivity contribution in [3.8, 4) is 0 Å². The summed E-state index contributed by atoms with van der Waals surface area (Å²) in [5, 5.41) is 12.9. The molecule has 5 nitrogen and oxygen atoms in total. The van der Waals surface area contributed by atoms with Crippen LogP contribution in [0.5, 0.6) is 0 Å². The lowest BCUT2D eigenvalue weighted by atomic mass is 9.58. The predicted molar refractivity (Wildman–Crippen MR) is 80.7 cm³/mol. The number of likely N-dealkylation sites (tertiary alicyclic amines) is 1.